The summed E-state index contributed by atoms with van der Waals surface area (Å²) in [4.78, 5) is 41.4. The quantitative estimate of drug-likeness (QED) is 0.144. The first kappa shape index (κ1) is 25.6. The highest BCUT2D eigenvalue weighted by atomic mass is 32.2. The van der Waals surface area contributed by atoms with Crippen molar-refractivity contribution in [1.82, 2.24) is 4.98 Å². The summed E-state index contributed by atoms with van der Waals surface area (Å²) in [5.41, 5.74) is -2.26. The number of H-pyrrole nitrogens is 1. The summed E-state index contributed by atoms with van der Waals surface area (Å²) in [5, 5.41) is 7.03. The smallest absolute Gasteiger partial charge is 0.305 e. The van der Waals surface area contributed by atoms with E-state index in [9.17, 15) is 35.5 Å². The lowest BCUT2D eigenvalue weighted by atomic mass is 10.1. The average Bonchev–Trinajstić information content (AvgIpc) is 2.65. The second-order valence-electron chi connectivity index (χ2n) is 5.98. The molecule has 0 atom stereocenters. The third kappa shape index (κ3) is 6.21. The maximum atomic E-state index is 12.0. The standard InChI is InChI=1S/C14H14N3O12PS2/c1-7-9(5-18)10(6-29-30(20,21)22)13(15-14(7)19)17-16-11-3-2-8(31(23,24)25)4-12(11)32(26,27)28/h2-5H,6H2,1H3,(H,15,19)(H2,20,21,22)(H,23,24,25)(H,26,27,28). The van der Waals surface area contributed by atoms with E-state index in [1.54, 1.807) is 0 Å². The topological polar surface area (TPSA) is 250 Å². The molecule has 174 valence electrons. The molecule has 0 radical (unpaired) electrons. The summed E-state index contributed by atoms with van der Waals surface area (Å²) < 4.78 is 79.3. The SMILES string of the molecule is Cc1c(C=O)c(COP(=O)(O)O)c(N=Nc2ccc(S(=O)(=O)O)cc2S(=O)(=O)O)[nH]c1=O. The van der Waals surface area contributed by atoms with Crippen LogP contribution >= 0.6 is 7.82 Å². The van der Waals surface area contributed by atoms with Gasteiger partial charge < -0.3 is 14.8 Å². The summed E-state index contributed by atoms with van der Waals surface area (Å²) in [6.45, 7) is 0.326. The first-order valence-electron chi connectivity index (χ1n) is 7.96. The Hall–Kier alpha value is -2.63. The Bertz CT molecular complexity index is 1420. The van der Waals surface area contributed by atoms with Crippen molar-refractivity contribution in [2.45, 2.75) is 23.3 Å². The van der Waals surface area contributed by atoms with Crippen molar-refractivity contribution in [3.63, 3.8) is 0 Å². The fourth-order valence-corrected chi connectivity index (χ4v) is 3.87. The number of aromatic amines is 1. The first-order valence-corrected chi connectivity index (χ1v) is 12.4. The van der Waals surface area contributed by atoms with Gasteiger partial charge in [0, 0.05) is 16.7 Å². The molecule has 0 bridgehead atoms. The minimum atomic E-state index is -5.07. The van der Waals surface area contributed by atoms with Gasteiger partial charge in [0.1, 0.15) is 10.6 Å². The number of pyridine rings is 1. The molecule has 2 aromatic rings. The number of aldehydes is 1. The number of hydrogen-bond acceptors (Lipinski definition) is 10. The molecule has 0 aliphatic rings. The van der Waals surface area contributed by atoms with Crippen LogP contribution in [0.2, 0.25) is 0 Å². The monoisotopic (exact) mass is 511 g/mol. The van der Waals surface area contributed by atoms with E-state index in [-0.39, 0.29) is 23.0 Å². The Kier molecular flexibility index (Phi) is 7.28. The summed E-state index contributed by atoms with van der Waals surface area (Å²) in [5.74, 6) is -0.545. The summed E-state index contributed by atoms with van der Waals surface area (Å²) in [7, 11) is -14.9. The molecule has 0 saturated carbocycles. The zero-order valence-electron chi connectivity index (χ0n) is 15.7. The molecule has 0 unspecified atom stereocenters. The molecule has 18 heteroatoms. The summed E-state index contributed by atoms with van der Waals surface area (Å²) in [6, 6.07) is 1.89. The van der Waals surface area contributed by atoms with Gasteiger partial charge in [0.05, 0.1) is 11.5 Å². The highest BCUT2D eigenvalue weighted by Gasteiger charge is 2.22. The van der Waals surface area contributed by atoms with Crippen molar-refractivity contribution >= 4 is 45.9 Å². The number of benzene rings is 1. The third-order valence-corrected chi connectivity index (χ3v) is 6.05. The summed E-state index contributed by atoms with van der Waals surface area (Å²) >= 11 is 0. The van der Waals surface area contributed by atoms with E-state index < -0.39 is 61.5 Å². The van der Waals surface area contributed by atoms with Crippen molar-refractivity contribution < 1.29 is 49.6 Å². The Balaban J connectivity index is 2.70. The van der Waals surface area contributed by atoms with E-state index >= 15 is 0 Å². The van der Waals surface area contributed by atoms with Crippen LogP contribution in [0.5, 0.6) is 0 Å². The number of azo groups is 1. The van der Waals surface area contributed by atoms with Crippen molar-refractivity contribution in [2.75, 3.05) is 0 Å². The lowest BCUT2D eigenvalue weighted by Crippen LogP contribution is -2.15. The lowest BCUT2D eigenvalue weighted by molar-refractivity contribution is 0.111. The van der Waals surface area contributed by atoms with Gasteiger partial charge in [-0.2, -0.15) is 16.8 Å². The van der Waals surface area contributed by atoms with Crippen LogP contribution in [-0.4, -0.2) is 47.0 Å². The number of nitrogens with one attached hydrogen (secondary N) is 1. The van der Waals surface area contributed by atoms with E-state index in [4.69, 9.17) is 14.3 Å². The van der Waals surface area contributed by atoms with Crippen LogP contribution in [-0.2, 0) is 35.9 Å². The van der Waals surface area contributed by atoms with Crippen LogP contribution < -0.4 is 5.56 Å². The normalized spacial score (nSPS) is 12.9. The molecule has 32 heavy (non-hydrogen) atoms. The van der Waals surface area contributed by atoms with Gasteiger partial charge in [0.25, 0.3) is 25.8 Å². The minimum Gasteiger partial charge on any atom is -0.305 e. The number of rotatable bonds is 8. The van der Waals surface area contributed by atoms with Crippen LogP contribution in [0.4, 0.5) is 11.5 Å². The van der Waals surface area contributed by atoms with Gasteiger partial charge in [-0.15, -0.1) is 10.2 Å². The molecule has 1 aromatic carbocycles. The van der Waals surface area contributed by atoms with Gasteiger partial charge in [0.15, 0.2) is 12.1 Å². The van der Waals surface area contributed by atoms with E-state index in [0.717, 1.165) is 12.1 Å². The predicted octanol–water partition coefficient (Wildman–Crippen LogP) is 1.01. The predicted molar refractivity (Wildman–Crippen MR) is 104 cm³/mol. The van der Waals surface area contributed by atoms with Gasteiger partial charge >= 0.3 is 7.82 Å². The fourth-order valence-electron chi connectivity index (χ4n) is 2.34. The van der Waals surface area contributed by atoms with Crippen LogP contribution in [0.15, 0.2) is 43.0 Å². The number of carbonyl (C=O) groups excluding carboxylic acids is 1. The maximum absolute atomic E-state index is 12.0. The molecular weight excluding hydrogens is 497 g/mol. The molecular formula is C14H14N3O12PS2. The third-order valence-electron chi connectivity index (χ3n) is 3.85. The van der Waals surface area contributed by atoms with Gasteiger partial charge in [-0.3, -0.25) is 23.2 Å². The minimum absolute atomic E-state index is 0.139. The number of nitrogens with zero attached hydrogens (tertiary/aromatic N) is 2. The zero-order chi connectivity index (χ0) is 24.5. The van der Waals surface area contributed by atoms with Gasteiger partial charge in [-0.25, -0.2) is 4.57 Å². The van der Waals surface area contributed by atoms with Crippen molar-refractivity contribution in [3.8, 4) is 0 Å². The molecule has 2 rings (SSSR count). The van der Waals surface area contributed by atoms with Crippen LogP contribution in [0, 0.1) is 6.92 Å². The molecule has 0 fully saturated rings. The number of carbonyl (C=O) groups is 1. The largest absolute Gasteiger partial charge is 0.469 e. The Morgan fingerprint density at radius 2 is 1.75 bits per heavy atom. The molecule has 0 amide bonds. The second-order valence-corrected chi connectivity index (χ2v) is 10.0. The number of phosphoric acid groups is 1. The first-order chi connectivity index (χ1) is 14.5. The van der Waals surface area contributed by atoms with E-state index in [0.29, 0.717) is 6.07 Å². The highest BCUT2D eigenvalue weighted by molar-refractivity contribution is 7.86. The number of hydrogen-bond donors (Lipinski definition) is 5. The molecule has 0 spiro atoms. The van der Waals surface area contributed by atoms with Gasteiger partial charge in [-0.1, -0.05) is 0 Å². The number of aromatic nitrogens is 1. The molecule has 0 aliphatic carbocycles. The van der Waals surface area contributed by atoms with Crippen LogP contribution in [0.1, 0.15) is 21.5 Å². The fraction of sp³-hybridized carbons (Fsp3) is 0.143. The Morgan fingerprint density at radius 1 is 1.12 bits per heavy atom. The molecule has 1 aromatic heterocycles. The van der Waals surface area contributed by atoms with Crippen molar-refractivity contribution in [1.29, 1.82) is 0 Å². The lowest BCUT2D eigenvalue weighted by Gasteiger charge is -2.11. The molecule has 0 aliphatic heterocycles. The summed E-state index contributed by atoms with van der Waals surface area (Å²) in [6.07, 6.45) is 0.201. The van der Waals surface area contributed by atoms with Gasteiger partial charge in [-0.05, 0) is 25.1 Å². The van der Waals surface area contributed by atoms with E-state index in [1.807, 2.05) is 0 Å². The highest BCUT2D eigenvalue weighted by Crippen LogP contribution is 2.38. The number of phosphoric ester groups is 1. The molecule has 1 heterocycles. The maximum Gasteiger partial charge on any atom is 0.469 e. The molecule has 5 N–H and O–H groups in total. The van der Waals surface area contributed by atoms with Crippen molar-refractivity contribution in [2.24, 2.45) is 10.2 Å². The van der Waals surface area contributed by atoms with E-state index in [2.05, 4.69) is 19.7 Å². The van der Waals surface area contributed by atoms with Gasteiger partial charge in [0.2, 0.25) is 0 Å². The second kappa shape index (κ2) is 9.08. The average molecular weight is 511 g/mol. The molecule has 0 saturated heterocycles. The zero-order valence-corrected chi connectivity index (χ0v) is 18.3. The van der Waals surface area contributed by atoms with E-state index in [1.165, 1.54) is 6.92 Å². The Morgan fingerprint density at radius 3 is 2.25 bits per heavy atom. The van der Waals surface area contributed by atoms with Crippen LogP contribution in [0.25, 0.3) is 0 Å². The van der Waals surface area contributed by atoms with Crippen molar-refractivity contribution in [3.05, 3.63) is 45.2 Å². The van der Waals surface area contributed by atoms with Crippen LogP contribution in [0.3, 0.4) is 0 Å². The molecule has 15 nitrogen and oxygen atoms in total. The Labute approximate surface area is 179 Å².